The van der Waals surface area contributed by atoms with Crippen LogP contribution in [0.2, 0.25) is 0 Å². The Bertz CT molecular complexity index is 366. The summed E-state index contributed by atoms with van der Waals surface area (Å²) < 4.78 is 0. The third kappa shape index (κ3) is 3.37. The number of nitrogens with zero attached hydrogens (tertiary/aromatic N) is 1. The molecule has 17 heavy (non-hydrogen) atoms. The zero-order chi connectivity index (χ0) is 12.1. The molecule has 0 spiro atoms. The van der Waals surface area contributed by atoms with E-state index in [2.05, 4.69) is 23.3 Å². The normalized spacial score (nSPS) is 20.2. The van der Waals surface area contributed by atoms with Crippen LogP contribution in [0.3, 0.4) is 0 Å². The summed E-state index contributed by atoms with van der Waals surface area (Å²) >= 11 is 0. The summed E-state index contributed by atoms with van der Waals surface area (Å²) in [5, 5.41) is 3.28. The van der Waals surface area contributed by atoms with Crippen molar-refractivity contribution in [1.29, 1.82) is 0 Å². The molecule has 1 aromatic heterocycles. The van der Waals surface area contributed by atoms with Crippen LogP contribution in [0.4, 0.5) is 0 Å². The highest BCUT2D eigenvalue weighted by molar-refractivity contribution is 5.83. The summed E-state index contributed by atoms with van der Waals surface area (Å²) in [4.78, 5) is 16.4. The Kier molecular flexibility index (Phi) is 4.26. The SMILES string of the molecule is CCc1ccc(CC(=O)C2CCCNC2)nc1. The topological polar surface area (TPSA) is 42.0 Å². The molecule has 3 nitrogen and oxygen atoms in total. The Labute approximate surface area is 103 Å². The van der Waals surface area contributed by atoms with E-state index in [9.17, 15) is 4.79 Å². The Hall–Kier alpha value is -1.22. The number of pyridine rings is 1. The number of Topliss-reactive ketones (excluding diaryl/α,β-unsaturated/α-hetero) is 1. The van der Waals surface area contributed by atoms with Crippen LogP contribution in [0.25, 0.3) is 0 Å². The molecular weight excluding hydrogens is 212 g/mol. The van der Waals surface area contributed by atoms with Gasteiger partial charge >= 0.3 is 0 Å². The number of ketones is 1. The van der Waals surface area contributed by atoms with Crippen LogP contribution >= 0.6 is 0 Å². The van der Waals surface area contributed by atoms with E-state index in [1.54, 1.807) is 0 Å². The van der Waals surface area contributed by atoms with Gasteiger partial charge in [-0.1, -0.05) is 13.0 Å². The minimum absolute atomic E-state index is 0.191. The molecule has 0 saturated carbocycles. The fourth-order valence-electron chi connectivity index (χ4n) is 2.22. The molecular formula is C14H20N2O. The standard InChI is InChI=1S/C14H20N2O/c1-2-11-5-6-13(16-9-11)8-14(17)12-4-3-7-15-10-12/h5-6,9,12,15H,2-4,7-8,10H2,1H3. The van der Waals surface area contributed by atoms with E-state index < -0.39 is 0 Å². The van der Waals surface area contributed by atoms with E-state index in [4.69, 9.17) is 0 Å². The van der Waals surface area contributed by atoms with Gasteiger partial charge in [0.2, 0.25) is 0 Å². The molecule has 1 saturated heterocycles. The molecule has 0 aromatic carbocycles. The molecule has 0 aliphatic carbocycles. The van der Waals surface area contributed by atoms with Crippen molar-refractivity contribution < 1.29 is 4.79 Å². The van der Waals surface area contributed by atoms with Gasteiger partial charge in [0.25, 0.3) is 0 Å². The van der Waals surface area contributed by atoms with Crippen LogP contribution in [0.1, 0.15) is 31.0 Å². The molecule has 1 aromatic rings. The van der Waals surface area contributed by atoms with Gasteiger partial charge in [-0.05, 0) is 37.4 Å². The maximum absolute atomic E-state index is 12.0. The predicted octanol–water partition coefficient (Wildman–Crippen LogP) is 1.76. The van der Waals surface area contributed by atoms with E-state index in [1.165, 1.54) is 5.56 Å². The predicted molar refractivity (Wildman–Crippen MR) is 67.9 cm³/mol. The minimum Gasteiger partial charge on any atom is -0.316 e. The van der Waals surface area contributed by atoms with E-state index in [1.807, 2.05) is 12.3 Å². The zero-order valence-electron chi connectivity index (χ0n) is 10.4. The van der Waals surface area contributed by atoms with Crippen molar-refractivity contribution >= 4 is 5.78 Å². The number of rotatable bonds is 4. The first-order chi connectivity index (χ1) is 8.29. The van der Waals surface area contributed by atoms with Crippen LogP contribution in [-0.2, 0) is 17.6 Å². The number of aromatic nitrogens is 1. The average Bonchev–Trinajstić information content (AvgIpc) is 2.40. The quantitative estimate of drug-likeness (QED) is 0.860. The van der Waals surface area contributed by atoms with Gasteiger partial charge in [-0.15, -0.1) is 0 Å². The number of hydrogen-bond donors (Lipinski definition) is 1. The third-order valence-electron chi connectivity index (χ3n) is 3.40. The number of nitrogens with one attached hydrogen (secondary N) is 1. The van der Waals surface area contributed by atoms with Crippen molar-refractivity contribution in [3.63, 3.8) is 0 Å². The van der Waals surface area contributed by atoms with Crippen LogP contribution in [-0.4, -0.2) is 23.9 Å². The van der Waals surface area contributed by atoms with E-state index in [0.29, 0.717) is 12.2 Å². The summed E-state index contributed by atoms with van der Waals surface area (Å²) in [6.07, 6.45) is 5.49. The zero-order valence-corrected chi connectivity index (χ0v) is 10.4. The summed E-state index contributed by atoms with van der Waals surface area (Å²) in [6.45, 7) is 3.99. The Morgan fingerprint density at radius 3 is 3.00 bits per heavy atom. The number of piperidine rings is 1. The van der Waals surface area contributed by atoms with Crippen molar-refractivity contribution in [2.45, 2.75) is 32.6 Å². The van der Waals surface area contributed by atoms with Gasteiger partial charge in [0.1, 0.15) is 5.78 Å². The highest BCUT2D eigenvalue weighted by Gasteiger charge is 2.20. The molecule has 1 atom stereocenters. The maximum Gasteiger partial charge on any atom is 0.143 e. The number of aryl methyl sites for hydroxylation is 1. The second-order valence-electron chi connectivity index (χ2n) is 4.70. The summed E-state index contributed by atoms with van der Waals surface area (Å²) in [5.41, 5.74) is 2.12. The first kappa shape index (κ1) is 12.2. The first-order valence-corrected chi connectivity index (χ1v) is 6.47. The third-order valence-corrected chi connectivity index (χ3v) is 3.40. The molecule has 0 amide bonds. The van der Waals surface area contributed by atoms with Crippen molar-refractivity contribution in [2.75, 3.05) is 13.1 Å². The second-order valence-corrected chi connectivity index (χ2v) is 4.70. The lowest BCUT2D eigenvalue weighted by atomic mass is 9.92. The molecule has 1 aliphatic rings. The highest BCUT2D eigenvalue weighted by Crippen LogP contribution is 2.13. The van der Waals surface area contributed by atoms with Crippen molar-refractivity contribution in [1.82, 2.24) is 10.3 Å². The van der Waals surface area contributed by atoms with Crippen molar-refractivity contribution in [3.8, 4) is 0 Å². The highest BCUT2D eigenvalue weighted by atomic mass is 16.1. The monoisotopic (exact) mass is 232 g/mol. The molecule has 1 unspecified atom stereocenters. The van der Waals surface area contributed by atoms with Crippen LogP contribution in [0.15, 0.2) is 18.3 Å². The minimum atomic E-state index is 0.191. The lowest BCUT2D eigenvalue weighted by Gasteiger charge is -2.21. The lowest BCUT2D eigenvalue weighted by Crippen LogP contribution is -2.35. The van der Waals surface area contributed by atoms with Gasteiger partial charge < -0.3 is 5.32 Å². The Balaban J connectivity index is 1.92. The molecule has 3 heteroatoms. The number of carbonyl (C=O) groups is 1. The number of carbonyl (C=O) groups excluding carboxylic acids is 1. The molecule has 1 N–H and O–H groups in total. The van der Waals surface area contributed by atoms with E-state index >= 15 is 0 Å². The van der Waals surface area contributed by atoms with Crippen molar-refractivity contribution in [3.05, 3.63) is 29.6 Å². The molecule has 1 aliphatic heterocycles. The fourth-order valence-corrected chi connectivity index (χ4v) is 2.22. The molecule has 2 rings (SSSR count). The van der Waals surface area contributed by atoms with Gasteiger partial charge in [-0.3, -0.25) is 9.78 Å². The van der Waals surface area contributed by atoms with Crippen LogP contribution in [0.5, 0.6) is 0 Å². The van der Waals surface area contributed by atoms with Gasteiger partial charge in [0.05, 0.1) is 0 Å². The molecule has 2 heterocycles. The summed E-state index contributed by atoms with van der Waals surface area (Å²) in [5.74, 6) is 0.519. The average molecular weight is 232 g/mol. The first-order valence-electron chi connectivity index (χ1n) is 6.47. The van der Waals surface area contributed by atoms with Gasteiger partial charge in [-0.2, -0.15) is 0 Å². The Morgan fingerprint density at radius 2 is 2.41 bits per heavy atom. The smallest absolute Gasteiger partial charge is 0.143 e. The van der Waals surface area contributed by atoms with Crippen molar-refractivity contribution in [2.24, 2.45) is 5.92 Å². The van der Waals surface area contributed by atoms with E-state index in [0.717, 1.165) is 38.0 Å². The number of hydrogen-bond acceptors (Lipinski definition) is 3. The maximum atomic E-state index is 12.0. The molecule has 0 radical (unpaired) electrons. The van der Waals surface area contributed by atoms with Crippen LogP contribution < -0.4 is 5.32 Å². The van der Waals surface area contributed by atoms with Gasteiger partial charge in [0.15, 0.2) is 0 Å². The molecule has 92 valence electrons. The van der Waals surface area contributed by atoms with E-state index in [-0.39, 0.29) is 5.92 Å². The summed E-state index contributed by atoms with van der Waals surface area (Å²) in [7, 11) is 0. The lowest BCUT2D eigenvalue weighted by molar-refractivity contribution is -0.122. The van der Waals surface area contributed by atoms with Gasteiger partial charge in [-0.25, -0.2) is 0 Å². The molecule has 0 bridgehead atoms. The summed E-state index contributed by atoms with van der Waals surface area (Å²) in [6, 6.07) is 4.04. The van der Waals surface area contributed by atoms with Gasteiger partial charge in [0, 0.05) is 30.8 Å². The second kappa shape index (κ2) is 5.92. The molecule has 1 fully saturated rings. The largest absolute Gasteiger partial charge is 0.316 e. The fraction of sp³-hybridized carbons (Fsp3) is 0.571. The Morgan fingerprint density at radius 1 is 1.53 bits per heavy atom. The van der Waals surface area contributed by atoms with Crippen LogP contribution in [0, 0.1) is 5.92 Å².